The molecule has 1 atom stereocenters. The van der Waals surface area contributed by atoms with Gasteiger partial charge in [-0.25, -0.2) is 9.37 Å². The van der Waals surface area contributed by atoms with Gasteiger partial charge >= 0.3 is 0 Å². The number of carbonyl (C=O) groups excluding carboxylic acids is 2. The Bertz CT molecular complexity index is 766. The van der Waals surface area contributed by atoms with Gasteiger partial charge in [-0.2, -0.15) is 0 Å². The molecule has 0 radical (unpaired) electrons. The number of aryl methyl sites for hydroxylation is 1. The number of nitrogens with one attached hydrogen (secondary N) is 1. The maximum atomic E-state index is 13.3. The molecule has 25 heavy (non-hydrogen) atoms. The Morgan fingerprint density at radius 3 is 3.00 bits per heavy atom. The summed E-state index contributed by atoms with van der Waals surface area (Å²) < 4.78 is 15.2. The number of hydrogen-bond acceptors (Lipinski definition) is 3. The van der Waals surface area contributed by atoms with Crippen molar-refractivity contribution in [2.75, 3.05) is 18.0 Å². The molecule has 0 bridgehead atoms. The van der Waals surface area contributed by atoms with Gasteiger partial charge < -0.3 is 14.8 Å². The second kappa shape index (κ2) is 7.65. The van der Waals surface area contributed by atoms with Crippen LogP contribution in [0.25, 0.3) is 0 Å². The number of aromatic nitrogens is 2. The summed E-state index contributed by atoms with van der Waals surface area (Å²) in [7, 11) is 0. The van der Waals surface area contributed by atoms with Crippen LogP contribution in [0.5, 0.6) is 0 Å². The van der Waals surface area contributed by atoms with Crippen LogP contribution < -0.4 is 10.2 Å². The number of carbonyl (C=O) groups is 2. The minimum Gasteiger partial charge on any atom is -0.356 e. The first-order chi connectivity index (χ1) is 12.0. The summed E-state index contributed by atoms with van der Waals surface area (Å²) in [6, 6.07) is 4.11. The summed E-state index contributed by atoms with van der Waals surface area (Å²) in [5.74, 6) is -1.26. The SMILES string of the molecule is O=C(NCCCn1ccnc1)C1CC(=O)N(c2ccc(F)c(Cl)c2)C1. The predicted molar refractivity (Wildman–Crippen MR) is 91.7 cm³/mol. The molecule has 1 aliphatic rings. The maximum Gasteiger partial charge on any atom is 0.227 e. The fourth-order valence-corrected chi connectivity index (χ4v) is 3.00. The number of anilines is 1. The van der Waals surface area contributed by atoms with Crippen LogP contribution in [0.4, 0.5) is 10.1 Å². The first-order valence-corrected chi connectivity index (χ1v) is 8.41. The Morgan fingerprint density at radius 1 is 1.44 bits per heavy atom. The van der Waals surface area contributed by atoms with E-state index in [-0.39, 0.29) is 29.8 Å². The number of halogens is 2. The Kier molecular flexibility index (Phi) is 5.33. The van der Waals surface area contributed by atoms with E-state index < -0.39 is 11.7 Å². The molecule has 1 N–H and O–H groups in total. The molecule has 1 fully saturated rings. The lowest BCUT2D eigenvalue weighted by Crippen LogP contribution is -2.33. The second-order valence-electron chi connectivity index (χ2n) is 5.95. The summed E-state index contributed by atoms with van der Waals surface area (Å²) >= 11 is 5.77. The van der Waals surface area contributed by atoms with Crippen molar-refractivity contribution in [1.29, 1.82) is 0 Å². The smallest absolute Gasteiger partial charge is 0.227 e. The minimum absolute atomic E-state index is 0.0438. The third-order valence-electron chi connectivity index (χ3n) is 4.16. The summed E-state index contributed by atoms with van der Waals surface area (Å²) in [4.78, 5) is 29.9. The number of rotatable bonds is 6. The van der Waals surface area contributed by atoms with Crippen molar-refractivity contribution in [3.05, 3.63) is 47.8 Å². The lowest BCUT2D eigenvalue weighted by atomic mass is 10.1. The molecule has 0 saturated carbocycles. The zero-order valence-electron chi connectivity index (χ0n) is 13.5. The maximum absolute atomic E-state index is 13.3. The summed E-state index contributed by atoms with van der Waals surface area (Å²) in [5.41, 5.74) is 0.506. The van der Waals surface area contributed by atoms with E-state index in [1.807, 2.05) is 10.8 Å². The van der Waals surface area contributed by atoms with Gasteiger partial charge in [0.25, 0.3) is 0 Å². The van der Waals surface area contributed by atoms with Crippen LogP contribution in [0.2, 0.25) is 5.02 Å². The van der Waals surface area contributed by atoms with Crippen LogP contribution in [-0.2, 0) is 16.1 Å². The van der Waals surface area contributed by atoms with Crippen molar-refractivity contribution in [1.82, 2.24) is 14.9 Å². The lowest BCUT2D eigenvalue weighted by molar-refractivity contribution is -0.126. The minimum atomic E-state index is -0.538. The molecule has 2 aromatic rings. The molecular formula is C17H18ClFN4O2. The number of benzene rings is 1. The second-order valence-corrected chi connectivity index (χ2v) is 6.36. The fraction of sp³-hybridized carbons (Fsp3) is 0.353. The normalized spacial score (nSPS) is 17.1. The molecule has 1 aliphatic heterocycles. The molecule has 1 saturated heterocycles. The van der Waals surface area contributed by atoms with Gasteiger partial charge in [0.1, 0.15) is 5.82 Å². The largest absolute Gasteiger partial charge is 0.356 e. The fourth-order valence-electron chi connectivity index (χ4n) is 2.82. The van der Waals surface area contributed by atoms with Crippen LogP contribution in [0, 0.1) is 11.7 Å². The topological polar surface area (TPSA) is 67.2 Å². The zero-order chi connectivity index (χ0) is 17.8. The first kappa shape index (κ1) is 17.4. The Labute approximate surface area is 149 Å². The standard InChI is InChI=1S/C17H18ClFN4O2/c18-14-9-13(2-3-15(14)19)23-10-12(8-16(23)24)17(25)21-4-1-6-22-7-5-20-11-22/h2-3,5,7,9,11-12H,1,4,6,8,10H2,(H,21,25). The van der Waals surface area contributed by atoms with Crippen molar-refractivity contribution >= 4 is 29.1 Å². The molecule has 8 heteroatoms. The summed E-state index contributed by atoms with van der Waals surface area (Å²) in [5, 5.41) is 2.82. The van der Waals surface area contributed by atoms with E-state index in [9.17, 15) is 14.0 Å². The van der Waals surface area contributed by atoms with Crippen molar-refractivity contribution in [3.8, 4) is 0 Å². The van der Waals surface area contributed by atoms with E-state index in [1.54, 1.807) is 12.5 Å². The average molecular weight is 365 g/mol. The first-order valence-electron chi connectivity index (χ1n) is 8.03. The van der Waals surface area contributed by atoms with Crippen LogP contribution >= 0.6 is 11.6 Å². The van der Waals surface area contributed by atoms with Gasteiger partial charge in [-0.05, 0) is 24.6 Å². The number of amides is 2. The van der Waals surface area contributed by atoms with E-state index in [1.165, 1.54) is 23.1 Å². The number of nitrogens with zero attached hydrogens (tertiary/aromatic N) is 3. The van der Waals surface area contributed by atoms with Gasteiger partial charge in [-0.3, -0.25) is 9.59 Å². The molecule has 0 aliphatic carbocycles. The highest BCUT2D eigenvalue weighted by molar-refractivity contribution is 6.31. The van der Waals surface area contributed by atoms with E-state index in [0.29, 0.717) is 12.2 Å². The van der Waals surface area contributed by atoms with E-state index in [2.05, 4.69) is 10.3 Å². The van der Waals surface area contributed by atoms with E-state index >= 15 is 0 Å². The van der Waals surface area contributed by atoms with Crippen LogP contribution in [0.15, 0.2) is 36.9 Å². The summed E-state index contributed by atoms with van der Waals surface area (Å²) in [6.07, 6.45) is 6.22. The Morgan fingerprint density at radius 2 is 2.28 bits per heavy atom. The van der Waals surface area contributed by atoms with Crippen molar-refractivity contribution in [2.24, 2.45) is 5.92 Å². The monoisotopic (exact) mass is 364 g/mol. The highest BCUT2D eigenvalue weighted by Crippen LogP contribution is 2.28. The molecule has 3 rings (SSSR count). The molecule has 132 valence electrons. The van der Waals surface area contributed by atoms with Crippen molar-refractivity contribution in [2.45, 2.75) is 19.4 Å². The van der Waals surface area contributed by atoms with Gasteiger partial charge in [0, 0.05) is 44.1 Å². The quantitative estimate of drug-likeness (QED) is 0.799. The highest BCUT2D eigenvalue weighted by atomic mass is 35.5. The average Bonchev–Trinajstić information content (AvgIpc) is 3.23. The van der Waals surface area contributed by atoms with Crippen molar-refractivity contribution < 1.29 is 14.0 Å². The van der Waals surface area contributed by atoms with Gasteiger partial charge in [0.15, 0.2) is 0 Å². The number of imidazole rings is 1. The highest BCUT2D eigenvalue weighted by Gasteiger charge is 2.35. The van der Waals surface area contributed by atoms with Crippen LogP contribution in [-0.4, -0.2) is 34.5 Å². The van der Waals surface area contributed by atoms with Crippen LogP contribution in [0.1, 0.15) is 12.8 Å². The zero-order valence-corrected chi connectivity index (χ0v) is 14.2. The third-order valence-corrected chi connectivity index (χ3v) is 4.45. The third kappa shape index (κ3) is 4.17. The molecule has 1 unspecified atom stereocenters. The molecule has 0 spiro atoms. The molecule has 1 aromatic carbocycles. The molecule has 6 nitrogen and oxygen atoms in total. The summed E-state index contributed by atoms with van der Waals surface area (Å²) in [6.45, 7) is 1.57. The molecule has 2 heterocycles. The van der Waals surface area contributed by atoms with Gasteiger partial charge in [-0.1, -0.05) is 11.6 Å². The molecule has 1 aromatic heterocycles. The Hall–Kier alpha value is -2.41. The van der Waals surface area contributed by atoms with Crippen molar-refractivity contribution in [3.63, 3.8) is 0 Å². The van der Waals surface area contributed by atoms with Gasteiger partial charge in [-0.15, -0.1) is 0 Å². The van der Waals surface area contributed by atoms with Crippen LogP contribution in [0.3, 0.4) is 0 Å². The van der Waals surface area contributed by atoms with Gasteiger partial charge in [0.2, 0.25) is 11.8 Å². The molecule has 2 amide bonds. The molecular weight excluding hydrogens is 347 g/mol. The van der Waals surface area contributed by atoms with E-state index in [0.717, 1.165) is 13.0 Å². The number of hydrogen-bond donors (Lipinski definition) is 1. The Balaban J connectivity index is 1.51. The van der Waals surface area contributed by atoms with E-state index in [4.69, 9.17) is 11.6 Å². The lowest BCUT2D eigenvalue weighted by Gasteiger charge is -2.17. The van der Waals surface area contributed by atoms with Gasteiger partial charge in [0.05, 0.1) is 17.3 Å². The predicted octanol–water partition coefficient (Wildman–Crippen LogP) is 2.23.